The molecule has 11 atom stereocenters. The molecule has 1 aliphatic heterocycles. The zero-order chi connectivity index (χ0) is 59.3. The van der Waals surface area contributed by atoms with Crippen LogP contribution in [0.15, 0.2) is 54.6 Å². The predicted molar refractivity (Wildman–Crippen MR) is 305 cm³/mol. The van der Waals surface area contributed by atoms with Crippen molar-refractivity contribution < 1.29 is 52.9 Å². The third kappa shape index (κ3) is 20.2. The first-order chi connectivity index (χ1) is 37.3. The number of urea groups is 1. The molecule has 1 aliphatic rings. The second-order valence-corrected chi connectivity index (χ2v) is 22.5. The number of aliphatic carboxylic acids is 1. The fourth-order valence-corrected chi connectivity index (χ4v) is 10.5. The highest BCUT2D eigenvalue weighted by Gasteiger charge is 2.44. The summed E-state index contributed by atoms with van der Waals surface area (Å²) in [6.07, 6.45) is 1.75. The van der Waals surface area contributed by atoms with Crippen molar-refractivity contribution in [3.8, 4) is 0 Å². The molecule has 0 aromatic heterocycles. The average Bonchev–Trinajstić information content (AvgIpc) is 3.91. The zero-order valence-corrected chi connectivity index (χ0v) is 49.5. The molecular weight excluding hydrogens is 1010 g/mol. The van der Waals surface area contributed by atoms with Gasteiger partial charge >= 0.3 is 12.0 Å². The molecule has 0 bridgehead atoms. The molecule has 0 aliphatic carbocycles. The molecular formula is C59H95N9O11. The fraction of sp³-hybridized carbons (Fsp3) is 0.661. The minimum Gasteiger partial charge on any atom is -0.480 e. The van der Waals surface area contributed by atoms with E-state index in [1.165, 1.54) is 14.2 Å². The summed E-state index contributed by atoms with van der Waals surface area (Å²) in [7, 11) is 6.58. The number of carbonyl (C=O) groups excluding carboxylic acids is 7. The summed E-state index contributed by atoms with van der Waals surface area (Å²) < 4.78 is 12.0. The lowest BCUT2D eigenvalue weighted by Crippen LogP contribution is -2.60. The van der Waals surface area contributed by atoms with E-state index in [1.54, 1.807) is 48.0 Å². The second kappa shape index (κ2) is 32.8. The summed E-state index contributed by atoms with van der Waals surface area (Å²) in [5.74, 6) is -4.70. The SMILES string of the molecule is CC[C@H](C)[C@@H]([C@@H](CC(=O)N1CCC[C@H]1[C@H](OC)[C@@H](C)C(=O)N[C@@H](Cc1ccccc1)C(=O)O)OC)N(C)C(=O)[C@@H](NC(=O)[C@H](C(C)C)N(C)CCc1ccc(NC(=O)[C@H](CCCNC(N)=O)NC(=O)[C@@H](C)C(C)C)cc1)C(C)C. The molecule has 79 heavy (non-hydrogen) atoms. The number of likely N-dealkylation sites (tertiary alicyclic amines) is 1. The highest BCUT2D eigenvalue weighted by molar-refractivity contribution is 5.97. The van der Waals surface area contributed by atoms with Gasteiger partial charge in [0.2, 0.25) is 35.4 Å². The van der Waals surface area contributed by atoms with Crippen molar-refractivity contribution in [3.05, 3.63) is 65.7 Å². The number of rotatable bonds is 33. The van der Waals surface area contributed by atoms with E-state index in [2.05, 4.69) is 26.6 Å². The topological polar surface area (TPSA) is 271 Å². The van der Waals surface area contributed by atoms with Gasteiger partial charge in [-0.2, -0.15) is 0 Å². The van der Waals surface area contributed by atoms with Gasteiger partial charge in [0.1, 0.15) is 18.1 Å². The number of benzene rings is 2. The Bertz CT molecular complexity index is 2280. The van der Waals surface area contributed by atoms with Crippen molar-refractivity contribution in [3.63, 3.8) is 0 Å². The molecule has 0 unspecified atom stereocenters. The molecule has 0 spiro atoms. The molecule has 442 valence electrons. The summed E-state index contributed by atoms with van der Waals surface area (Å²) in [5, 5.41) is 24.1. The summed E-state index contributed by atoms with van der Waals surface area (Å²) in [5.41, 5.74) is 7.46. The molecule has 20 heteroatoms. The number of ether oxygens (including phenoxy) is 2. The predicted octanol–water partition coefficient (Wildman–Crippen LogP) is 5.22. The largest absolute Gasteiger partial charge is 0.480 e. The first kappa shape index (κ1) is 67.2. The van der Waals surface area contributed by atoms with E-state index in [9.17, 15) is 43.5 Å². The lowest BCUT2D eigenvalue weighted by Gasteiger charge is -2.41. The Kier molecular flexibility index (Phi) is 27.9. The van der Waals surface area contributed by atoms with Crippen LogP contribution in [-0.4, -0.2) is 164 Å². The third-order valence-electron chi connectivity index (χ3n) is 15.8. The van der Waals surface area contributed by atoms with E-state index in [1.807, 2.05) is 105 Å². The number of methoxy groups -OCH3 is 2. The van der Waals surface area contributed by atoms with E-state index < -0.39 is 72.3 Å². The molecule has 8 amide bonds. The number of nitrogens with one attached hydrogen (secondary N) is 5. The van der Waals surface area contributed by atoms with Crippen LogP contribution in [0.5, 0.6) is 0 Å². The number of anilines is 1. The molecule has 1 saturated heterocycles. The normalized spacial score (nSPS) is 17.4. The quantitative estimate of drug-likeness (QED) is 0.0454. The van der Waals surface area contributed by atoms with Crippen LogP contribution in [0, 0.1) is 35.5 Å². The van der Waals surface area contributed by atoms with Crippen molar-refractivity contribution in [2.75, 3.05) is 53.3 Å². The van der Waals surface area contributed by atoms with Gasteiger partial charge < -0.3 is 56.7 Å². The molecule has 2 aromatic carbocycles. The number of nitrogens with zero attached hydrogens (tertiary/aromatic N) is 3. The number of carbonyl (C=O) groups is 8. The highest BCUT2D eigenvalue weighted by Crippen LogP contribution is 2.30. The van der Waals surface area contributed by atoms with Crippen LogP contribution in [0.1, 0.15) is 119 Å². The summed E-state index contributed by atoms with van der Waals surface area (Å²) in [6, 6.07) is 11.2. The van der Waals surface area contributed by atoms with Gasteiger partial charge in [-0.1, -0.05) is 118 Å². The minimum absolute atomic E-state index is 0.0674. The van der Waals surface area contributed by atoms with Crippen molar-refractivity contribution in [1.29, 1.82) is 0 Å². The van der Waals surface area contributed by atoms with E-state index in [0.717, 1.165) is 11.1 Å². The monoisotopic (exact) mass is 1110 g/mol. The highest BCUT2D eigenvalue weighted by atomic mass is 16.5. The van der Waals surface area contributed by atoms with Crippen LogP contribution in [0.4, 0.5) is 10.5 Å². The van der Waals surface area contributed by atoms with Gasteiger partial charge in [0.05, 0.1) is 42.7 Å². The van der Waals surface area contributed by atoms with Crippen molar-refractivity contribution in [2.45, 2.75) is 169 Å². The molecule has 0 saturated carbocycles. The van der Waals surface area contributed by atoms with Gasteiger partial charge in [0.15, 0.2) is 0 Å². The lowest BCUT2D eigenvalue weighted by atomic mass is 9.89. The lowest BCUT2D eigenvalue weighted by molar-refractivity contribution is -0.148. The third-order valence-corrected chi connectivity index (χ3v) is 15.8. The van der Waals surface area contributed by atoms with Gasteiger partial charge in [-0.25, -0.2) is 9.59 Å². The Morgan fingerprint density at radius 1 is 0.747 bits per heavy atom. The number of carboxylic acids is 1. The summed E-state index contributed by atoms with van der Waals surface area (Å²) in [4.78, 5) is 112. The standard InChI is InChI=1S/C59H95N9O11/c1-15-38(8)51(47(78-13)34-48(69)68-31-20-24-46(68)52(79-14)40(10)54(71)64-45(58(75)76)33-42-21-17-16-18-22-42)67(12)57(74)49(36(4)5)65-56(73)50(37(6)7)66(11)32-29-41-25-27-43(28-26-41)62-55(72)44(23-19-30-61-59(60)77)63-53(70)39(9)35(2)3/h16-18,21-22,25-28,35-40,44-47,49-52H,15,19-20,23-24,29-34H2,1-14H3,(H,62,72)(H,63,70)(H,64,71)(H,65,73)(H,75,76)(H3,60,61,77)/t38-,39-,40+,44-,45-,46-,47+,49-,50-,51-,52+/m0/s1. The van der Waals surface area contributed by atoms with Crippen molar-refractivity contribution >= 4 is 53.1 Å². The Morgan fingerprint density at radius 2 is 1.37 bits per heavy atom. The number of primary amides is 1. The van der Waals surface area contributed by atoms with Gasteiger partial charge in [0.25, 0.3) is 0 Å². The fourth-order valence-electron chi connectivity index (χ4n) is 10.5. The zero-order valence-electron chi connectivity index (χ0n) is 49.5. The van der Waals surface area contributed by atoms with Crippen molar-refractivity contribution in [1.82, 2.24) is 36.0 Å². The van der Waals surface area contributed by atoms with Gasteiger partial charge in [-0.15, -0.1) is 0 Å². The second-order valence-electron chi connectivity index (χ2n) is 22.5. The van der Waals surface area contributed by atoms with Gasteiger partial charge in [-0.3, -0.25) is 33.7 Å². The first-order valence-corrected chi connectivity index (χ1v) is 28.2. The number of hydrogen-bond acceptors (Lipinski definition) is 11. The molecule has 8 N–H and O–H groups in total. The van der Waals surface area contributed by atoms with Crippen LogP contribution < -0.4 is 32.3 Å². The van der Waals surface area contributed by atoms with Gasteiger partial charge in [-0.05, 0) is 86.1 Å². The number of hydrogen-bond donors (Lipinski definition) is 7. The van der Waals surface area contributed by atoms with Crippen LogP contribution in [-0.2, 0) is 55.9 Å². The Balaban J connectivity index is 1.71. The molecule has 3 rings (SSSR count). The van der Waals surface area contributed by atoms with E-state index >= 15 is 0 Å². The van der Waals surface area contributed by atoms with Crippen LogP contribution >= 0.6 is 0 Å². The number of nitrogens with two attached hydrogens (primary N) is 1. The van der Waals surface area contributed by atoms with Crippen LogP contribution in [0.3, 0.4) is 0 Å². The summed E-state index contributed by atoms with van der Waals surface area (Å²) in [6.45, 7) is 20.2. The minimum atomic E-state index is -1.16. The molecule has 2 aromatic rings. The average molecular weight is 1110 g/mol. The van der Waals surface area contributed by atoms with Crippen molar-refractivity contribution in [2.24, 2.45) is 41.2 Å². The molecule has 0 radical (unpaired) electrons. The van der Waals surface area contributed by atoms with Gasteiger partial charge in [0, 0.05) is 58.9 Å². The number of carboxylic acid groups (broad SMARTS) is 1. The van der Waals surface area contributed by atoms with E-state index in [0.29, 0.717) is 50.9 Å². The first-order valence-electron chi connectivity index (χ1n) is 28.2. The molecule has 1 heterocycles. The smallest absolute Gasteiger partial charge is 0.326 e. The number of amides is 8. The maximum atomic E-state index is 14.8. The number of likely N-dealkylation sites (N-methyl/N-ethyl adjacent to an activating group) is 2. The molecule has 1 fully saturated rings. The van der Waals surface area contributed by atoms with E-state index in [-0.39, 0.29) is 84.9 Å². The van der Waals surface area contributed by atoms with Crippen LogP contribution in [0.25, 0.3) is 0 Å². The molecule has 20 nitrogen and oxygen atoms in total. The maximum Gasteiger partial charge on any atom is 0.326 e. The Hall–Kier alpha value is -6.12. The van der Waals surface area contributed by atoms with Crippen LogP contribution in [0.2, 0.25) is 0 Å². The maximum absolute atomic E-state index is 14.8. The van der Waals surface area contributed by atoms with E-state index in [4.69, 9.17) is 15.2 Å². The Morgan fingerprint density at radius 3 is 1.91 bits per heavy atom. The summed E-state index contributed by atoms with van der Waals surface area (Å²) >= 11 is 0. The Labute approximate surface area is 469 Å².